The van der Waals surface area contributed by atoms with Crippen LogP contribution in [0.15, 0.2) is 12.2 Å². The van der Waals surface area contributed by atoms with Crippen LogP contribution in [0.5, 0.6) is 0 Å². The summed E-state index contributed by atoms with van der Waals surface area (Å²) in [5.74, 6) is 0.820. The van der Waals surface area contributed by atoms with Crippen molar-refractivity contribution in [2.75, 3.05) is 0 Å². The van der Waals surface area contributed by atoms with Gasteiger partial charge in [-0.3, -0.25) is 4.79 Å². The highest BCUT2D eigenvalue weighted by Crippen LogP contribution is 2.36. The number of hydrogen-bond donors (Lipinski definition) is 2. The summed E-state index contributed by atoms with van der Waals surface area (Å²) in [4.78, 5) is 10.7. The van der Waals surface area contributed by atoms with Gasteiger partial charge in [-0.2, -0.15) is 0 Å². The first-order chi connectivity index (χ1) is 11.1. The van der Waals surface area contributed by atoms with Crippen molar-refractivity contribution in [1.82, 2.24) is 0 Å². The fraction of sp³-hybridized carbons (Fsp3) is 0.850. The van der Waals surface area contributed by atoms with Crippen LogP contribution >= 0.6 is 0 Å². The highest BCUT2D eigenvalue weighted by Gasteiger charge is 2.32. The number of primary amides is 1. The molecule has 0 aromatic carbocycles. The fourth-order valence-electron chi connectivity index (χ4n) is 3.71. The molecule has 0 aliphatic heterocycles. The second kappa shape index (κ2) is 12.6. The van der Waals surface area contributed by atoms with E-state index in [-0.39, 0.29) is 12.0 Å². The average molecular weight is 324 g/mol. The monoisotopic (exact) mass is 323 g/mol. The summed E-state index contributed by atoms with van der Waals surface area (Å²) in [6, 6.07) is 0. The Kier molecular flexibility index (Phi) is 11.1. The van der Waals surface area contributed by atoms with Crippen molar-refractivity contribution in [2.24, 2.45) is 17.6 Å². The van der Waals surface area contributed by atoms with Gasteiger partial charge in [0.2, 0.25) is 5.91 Å². The van der Waals surface area contributed by atoms with Crippen molar-refractivity contribution in [3.63, 3.8) is 0 Å². The van der Waals surface area contributed by atoms with Crippen LogP contribution in [-0.2, 0) is 4.79 Å². The summed E-state index contributed by atoms with van der Waals surface area (Å²) in [6.45, 7) is 2.24. The predicted molar refractivity (Wildman–Crippen MR) is 97.0 cm³/mol. The summed E-state index contributed by atoms with van der Waals surface area (Å²) >= 11 is 0. The number of amides is 1. The van der Waals surface area contributed by atoms with Crippen LogP contribution < -0.4 is 5.73 Å². The Morgan fingerprint density at radius 3 is 2.57 bits per heavy atom. The third-order valence-corrected chi connectivity index (χ3v) is 5.16. The molecule has 0 bridgehead atoms. The Hall–Kier alpha value is -0.830. The summed E-state index contributed by atoms with van der Waals surface area (Å²) in [6.07, 6.45) is 19.1. The molecule has 1 saturated carbocycles. The van der Waals surface area contributed by atoms with Crippen molar-refractivity contribution in [3.05, 3.63) is 12.2 Å². The standard InChI is InChI=1S/C20H37NO2/c1-2-3-4-5-6-9-12-17-15-16-19(22)18(17)13-10-7-8-11-14-20(21)23/h9,12,17-19,22H,2-8,10-11,13-16H2,1H3,(H2,21,23)/t17-,18+,19+/m0/s1. The molecule has 3 atom stereocenters. The number of aliphatic hydroxyl groups is 1. The second-order valence-electron chi connectivity index (χ2n) is 7.17. The van der Waals surface area contributed by atoms with Crippen molar-refractivity contribution in [2.45, 2.75) is 96.5 Å². The van der Waals surface area contributed by atoms with E-state index in [1.54, 1.807) is 0 Å². The maximum absolute atomic E-state index is 10.7. The molecule has 0 spiro atoms. The summed E-state index contributed by atoms with van der Waals surface area (Å²) < 4.78 is 0. The lowest BCUT2D eigenvalue weighted by molar-refractivity contribution is -0.118. The number of rotatable bonds is 13. The lowest BCUT2D eigenvalue weighted by Gasteiger charge is -2.19. The molecule has 0 unspecified atom stereocenters. The van der Waals surface area contributed by atoms with Gasteiger partial charge in [0.15, 0.2) is 0 Å². The molecule has 3 nitrogen and oxygen atoms in total. The maximum atomic E-state index is 10.7. The number of allylic oxidation sites excluding steroid dienone is 2. The van der Waals surface area contributed by atoms with E-state index < -0.39 is 0 Å². The van der Waals surface area contributed by atoms with Crippen LogP contribution in [0.3, 0.4) is 0 Å². The molecule has 0 saturated heterocycles. The molecule has 1 amide bonds. The van der Waals surface area contributed by atoms with Gasteiger partial charge in [-0.1, -0.05) is 57.6 Å². The topological polar surface area (TPSA) is 63.3 Å². The third-order valence-electron chi connectivity index (χ3n) is 5.16. The van der Waals surface area contributed by atoms with Gasteiger partial charge in [0.1, 0.15) is 0 Å². The Labute approximate surface area is 142 Å². The van der Waals surface area contributed by atoms with Crippen LogP contribution in [0.25, 0.3) is 0 Å². The van der Waals surface area contributed by atoms with Gasteiger partial charge in [-0.25, -0.2) is 0 Å². The third kappa shape index (κ3) is 9.14. The number of carbonyl (C=O) groups excluding carboxylic acids is 1. The highest BCUT2D eigenvalue weighted by atomic mass is 16.3. The van der Waals surface area contributed by atoms with Gasteiger partial charge in [0.25, 0.3) is 0 Å². The molecular formula is C20H37NO2. The molecule has 0 aromatic heterocycles. The molecule has 1 aliphatic rings. The molecule has 0 heterocycles. The van der Waals surface area contributed by atoms with Gasteiger partial charge >= 0.3 is 0 Å². The van der Waals surface area contributed by atoms with Crippen LogP contribution in [0.2, 0.25) is 0 Å². The zero-order valence-electron chi connectivity index (χ0n) is 15.0. The minimum absolute atomic E-state index is 0.115. The highest BCUT2D eigenvalue weighted by molar-refractivity contribution is 5.73. The van der Waals surface area contributed by atoms with E-state index in [9.17, 15) is 9.90 Å². The number of hydrogen-bond acceptors (Lipinski definition) is 2. The van der Waals surface area contributed by atoms with Crippen LogP contribution in [0, 0.1) is 11.8 Å². The fourth-order valence-corrected chi connectivity index (χ4v) is 3.71. The number of unbranched alkanes of at least 4 members (excludes halogenated alkanes) is 7. The van der Waals surface area contributed by atoms with Crippen molar-refractivity contribution < 1.29 is 9.90 Å². The molecule has 134 valence electrons. The first kappa shape index (κ1) is 20.2. The normalized spacial score (nSPS) is 24.5. The molecule has 1 rings (SSSR count). The minimum atomic E-state index is -0.194. The average Bonchev–Trinajstić information content (AvgIpc) is 2.86. The molecule has 0 radical (unpaired) electrons. The smallest absolute Gasteiger partial charge is 0.217 e. The minimum Gasteiger partial charge on any atom is -0.393 e. The second-order valence-corrected chi connectivity index (χ2v) is 7.17. The van der Waals surface area contributed by atoms with Gasteiger partial charge in [0.05, 0.1) is 6.10 Å². The zero-order valence-corrected chi connectivity index (χ0v) is 15.0. The van der Waals surface area contributed by atoms with E-state index >= 15 is 0 Å². The summed E-state index contributed by atoms with van der Waals surface area (Å²) in [7, 11) is 0. The molecular weight excluding hydrogens is 286 g/mol. The number of carbonyl (C=O) groups is 1. The van der Waals surface area contributed by atoms with E-state index in [1.165, 1.54) is 32.1 Å². The lowest BCUT2D eigenvalue weighted by atomic mass is 9.88. The van der Waals surface area contributed by atoms with Crippen molar-refractivity contribution in [1.29, 1.82) is 0 Å². The SMILES string of the molecule is CCCCCCC=C[C@H]1CC[C@@H](O)[C@@H]1CCCCCCC(N)=O. The van der Waals surface area contributed by atoms with E-state index in [4.69, 9.17) is 5.73 Å². The first-order valence-corrected chi connectivity index (χ1v) is 9.78. The molecule has 3 N–H and O–H groups in total. The Balaban J connectivity index is 2.17. The number of nitrogens with two attached hydrogens (primary N) is 1. The summed E-state index contributed by atoms with van der Waals surface area (Å²) in [5, 5.41) is 10.2. The maximum Gasteiger partial charge on any atom is 0.217 e. The van der Waals surface area contributed by atoms with Crippen LogP contribution in [0.1, 0.15) is 90.4 Å². The molecule has 1 fully saturated rings. The Morgan fingerprint density at radius 2 is 1.83 bits per heavy atom. The quantitative estimate of drug-likeness (QED) is 0.380. The largest absolute Gasteiger partial charge is 0.393 e. The van der Waals surface area contributed by atoms with E-state index in [0.717, 1.165) is 44.9 Å². The van der Waals surface area contributed by atoms with Gasteiger partial charge in [-0.15, -0.1) is 0 Å². The van der Waals surface area contributed by atoms with Crippen molar-refractivity contribution in [3.8, 4) is 0 Å². The number of aliphatic hydroxyl groups excluding tert-OH is 1. The van der Waals surface area contributed by atoms with Gasteiger partial charge < -0.3 is 10.8 Å². The Bertz CT molecular complexity index is 341. The van der Waals surface area contributed by atoms with Crippen molar-refractivity contribution >= 4 is 5.91 Å². The lowest BCUT2D eigenvalue weighted by Crippen LogP contribution is -2.18. The van der Waals surface area contributed by atoms with Crippen LogP contribution in [0.4, 0.5) is 0 Å². The molecule has 23 heavy (non-hydrogen) atoms. The molecule has 0 aromatic rings. The molecule has 3 heteroatoms. The summed E-state index contributed by atoms with van der Waals surface area (Å²) in [5.41, 5.74) is 5.15. The zero-order chi connectivity index (χ0) is 16.9. The van der Waals surface area contributed by atoms with Gasteiger partial charge in [-0.05, 0) is 50.4 Å². The molecule has 1 aliphatic carbocycles. The van der Waals surface area contributed by atoms with Gasteiger partial charge in [0, 0.05) is 6.42 Å². The van der Waals surface area contributed by atoms with E-state index in [0.29, 0.717) is 18.3 Å². The van der Waals surface area contributed by atoms with E-state index in [2.05, 4.69) is 19.1 Å². The predicted octanol–water partition coefficient (Wildman–Crippen LogP) is 4.73. The van der Waals surface area contributed by atoms with E-state index in [1.807, 2.05) is 0 Å². The first-order valence-electron chi connectivity index (χ1n) is 9.78. The Morgan fingerprint density at radius 1 is 1.09 bits per heavy atom. The van der Waals surface area contributed by atoms with Crippen LogP contribution in [-0.4, -0.2) is 17.1 Å².